The number of aryl methyl sites for hydroxylation is 1. The maximum atomic E-state index is 12.8. The number of piperidine rings is 1. The topological polar surface area (TPSA) is 43.2 Å². The van der Waals surface area contributed by atoms with E-state index in [1.165, 1.54) is 10.8 Å². The van der Waals surface area contributed by atoms with Gasteiger partial charge in [-0.25, -0.2) is 9.97 Å². The van der Waals surface area contributed by atoms with Crippen LogP contribution in [0.15, 0.2) is 42.9 Å². The highest BCUT2D eigenvalue weighted by Crippen LogP contribution is 2.31. The molecule has 1 aliphatic heterocycles. The van der Waals surface area contributed by atoms with Gasteiger partial charge in [-0.1, -0.05) is 6.07 Å². The lowest BCUT2D eigenvalue weighted by atomic mass is 10.1. The number of hydrogen-bond acceptors (Lipinski definition) is 4. The van der Waals surface area contributed by atoms with Gasteiger partial charge in [0.25, 0.3) is 0 Å². The Balaban J connectivity index is 1.38. The second kappa shape index (κ2) is 8.02. The van der Waals surface area contributed by atoms with Crippen molar-refractivity contribution in [3.8, 4) is 5.75 Å². The number of likely N-dealkylation sites (tertiary alicyclic amines) is 1. The molecule has 1 saturated heterocycles. The van der Waals surface area contributed by atoms with Gasteiger partial charge in [-0.2, -0.15) is 13.2 Å². The molecule has 1 aliphatic rings. The largest absolute Gasteiger partial charge is 0.490 e. The molecule has 2 aromatic heterocycles. The number of benzene rings is 1. The molecule has 0 bridgehead atoms. The van der Waals surface area contributed by atoms with Gasteiger partial charge < -0.3 is 9.30 Å². The molecule has 4 rings (SSSR count). The van der Waals surface area contributed by atoms with Crippen molar-refractivity contribution in [2.24, 2.45) is 0 Å². The van der Waals surface area contributed by atoms with Crippen LogP contribution in [0.5, 0.6) is 5.75 Å². The quantitative estimate of drug-likeness (QED) is 0.634. The molecule has 0 aliphatic carbocycles. The summed E-state index contributed by atoms with van der Waals surface area (Å²) in [4.78, 5) is 10.8. The minimum Gasteiger partial charge on any atom is -0.490 e. The number of rotatable bonds is 5. The summed E-state index contributed by atoms with van der Waals surface area (Å²) in [6, 6.07) is 6.97. The summed E-state index contributed by atoms with van der Waals surface area (Å²) in [7, 11) is 0. The van der Waals surface area contributed by atoms with Crippen molar-refractivity contribution in [1.82, 2.24) is 19.4 Å². The number of alkyl halides is 3. The van der Waals surface area contributed by atoms with Crippen molar-refractivity contribution in [2.75, 3.05) is 13.1 Å². The predicted octanol–water partition coefficient (Wildman–Crippen LogP) is 4.35. The fourth-order valence-corrected chi connectivity index (χ4v) is 3.75. The number of ether oxygens (including phenoxy) is 1. The molecule has 3 aromatic rings. The number of nitrogens with zero attached hydrogens (tertiary/aromatic N) is 4. The summed E-state index contributed by atoms with van der Waals surface area (Å²) in [6.45, 7) is 3.46. The van der Waals surface area contributed by atoms with Gasteiger partial charge in [0.1, 0.15) is 24.2 Å². The molecule has 0 radical (unpaired) electrons. The average molecular weight is 404 g/mol. The van der Waals surface area contributed by atoms with Crippen molar-refractivity contribution in [3.05, 3.63) is 54.2 Å². The first-order chi connectivity index (χ1) is 13.9. The van der Waals surface area contributed by atoms with Crippen LogP contribution in [-0.2, 0) is 13.1 Å². The minimum atomic E-state index is -4.25. The zero-order chi connectivity index (χ0) is 20.4. The second-order valence-corrected chi connectivity index (χ2v) is 7.48. The van der Waals surface area contributed by atoms with Crippen LogP contribution in [0.3, 0.4) is 0 Å². The summed E-state index contributed by atoms with van der Waals surface area (Å²) in [5.41, 5.74) is 1.63. The van der Waals surface area contributed by atoms with Gasteiger partial charge in [-0.15, -0.1) is 0 Å². The number of aromatic nitrogens is 3. The Bertz CT molecular complexity index is 960. The minimum absolute atomic E-state index is 0.0529. The highest BCUT2D eigenvalue weighted by atomic mass is 19.4. The third-order valence-electron chi connectivity index (χ3n) is 5.19. The lowest BCUT2D eigenvalue weighted by Gasteiger charge is -2.32. The monoisotopic (exact) mass is 404 g/mol. The van der Waals surface area contributed by atoms with Crippen LogP contribution in [0.2, 0.25) is 0 Å². The van der Waals surface area contributed by atoms with Crippen LogP contribution in [-0.4, -0.2) is 44.8 Å². The van der Waals surface area contributed by atoms with Crippen molar-refractivity contribution in [1.29, 1.82) is 0 Å². The first-order valence-corrected chi connectivity index (χ1v) is 9.68. The smallest absolute Gasteiger partial charge is 0.406 e. The van der Waals surface area contributed by atoms with Crippen molar-refractivity contribution in [2.45, 2.75) is 45.1 Å². The SMILES string of the molecule is Cc1ncc(CN2CCC(Oc3cccc4c3ccn4CC(F)(F)F)CC2)cn1. The highest BCUT2D eigenvalue weighted by molar-refractivity contribution is 5.86. The van der Waals surface area contributed by atoms with Crippen LogP contribution >= 0.6 is 0 Å². The van der Waals surface area contributed by atoms with Crippen molar-refractivity contribution < 1.29 is 17.9 Å². The molecule has 29 heavy (non-hydrogen) atoms. The van der Waals surface area contributed by atoms with E-state index in [1.54, 1.807) is 18.2 Å². The Morgan fingerprint density at radius 1 is 1.10 bits per heavy atom. The standard InChI is InChI=1S/C21H23F3N4O/c1-15-25-11-16(12-26-15)13-27-8-5-17(6-9-27)29-20-4-2-3-19-18(20)7-10-28(19)14-21(22,23)24/h2-4,7,10-12,17H,5-6,8-9,13-14H2,1H3. The van der Waals surface area contributed by atoms with Gasteiger partial charge in [-0.05, 0) is 38.0 Å². The van der Waals surface area contributed by atoms with Gasteiger partial charge in [0.05, 0.1) is 5.52 Å². The van der Waals surface area contributed by atoms with Gasteiger partial charge in [0.2, 0.25) is 0 Å². The summed E-state index contributed by atoms with van der Waals surface area (Å²) in [6.07, 6.45) is 2.72. The second-order valence-electron chi connectivity index (χ2n) is 7.48. The molecule has 0 spiro atoms. The van der Waals surface area contributed by atoms with E-state index in [0.29, 0.717) is 11.3 Å². The maximum Gasteiger partial charge on any atom is 0.406 e. The fraction of sp³-hybridized carbons (Fsp3) is 0.429. The molecule has 1 aromatic carbocycles. The van der Waals surface area contributed by atoms with Crippen LogP contribution in [0.4, 0.5) is 13.2 Å². The Morgan fingerprint density at radius 2 is 1.83 bits per heavy atom. The third kappa shape index (κ3) is 4.87. The molecule has 0 amide bonds. The molecule has 0 N–H and O–H groups in total. The van der Waals surface area contributed by atoms with Gasteiger partial charge in [0, 0.05) is 49.2 Å². The highest BCUT2D eigenvalue weighted by Gasteiger charge is 2.28. The zero-order valence-electron chi connectivity index (χ0n) is 16.2. The third-order valence-corrected chi connectivity index (χ3v) is 5.19. The van der Waals surface area contributed by atoms with E-state index < -0.39 is 12.7 Å². The van der Waals surface area contributed by atoms with Crippen LogP contribution in [0.25, 0.3) is 10.9 Å². The summed E-state index contributed by atoms with van der Waals surface area (Å²) < 4.78 is 45.7. The van der Waals surface area contributed by atoms with Gasteiger partial charge in [-0.3, -0.25) is 4.90 Å². The first-order valence-electron chi connectivity index (χ1n) is 9.68. The number of halogens is 3. The molecule has 0 unspecified atom stereocenters. The first kappa shape index (κ1) is 19.7. The molecular weight excluding hydrogens is 381 g/mol. The molecule has 3 heterocycles. The van der Waals surface area contributed by atoms with E-state index in [0.717, 1.165) is 49.2 Å². The Labute approximate surface area is 167 Å². The number of hydrogen-bond donors (Lipinski definition) is 0. The maximum absolute atomic E-state index is 12.8. The Morgan fingerprint density at radius 3 is 2.52 bits per heavy atom. The van der Waals surface area contributed by atoms with Crippen LogP contribution in [0.1, 0.15) is 24.2 Å². The van der Waals surface area contributed by atoms with Gasteiger partial charge in [0.15, 0.2) is 0 Å². The molecule has 5 nitrogen and oxygen atoms in total. The summed E-state index contributed by atoms with van der Waals surface area (Å²) in [5.74, 6) is 1.41. The van der Waals surface area contributed by atoms with Crippen molar-refractivity contribution >= 4 is 10.9 Å². The van der Waals surface area contributed by atoms with Gasteiger partial charge >= 0.3 is 6.18 Å². The Hall–Kier alpha value is -2.61. The van der Waals surface area contributed by atoms with E-state index in [1.807, 2.05) is 25.4 Å². The molecule has 1 fully saturated rings. The number of fused-ring (bicyclic) bond motifs is 1. The molecule has 0 atom stereocenters. The summed E-state index contributed by atoms with van der Waals surface area (Å²) >= 11 is 0. The average Bonchev–Trinajstić information content (AvgIpc) is 3.07. The normalized spacial score (nSPS) is 16.4. The summed E-state index contributed by atoms with van der Waals surface area (Å²) in [5, 5.41) is 0.719. The van der Waals surface area contributed by atoms with E-state index in [9.17, 15) is 13.2 Å². The van der Waals surface area contributed by atoms with E-state index in [2.05, 4.69) is 14.9 Å². The molecule has 154 valence electrons. The van der Waals surface area contributed by atoms with E-state index >= 15 is 0 Å². The van der Waals surface area contributed by atoms with Crippen LogP contribution in [0, 0.1) is 6.92 Å². The van der Waals surface area contributed by atoms with E-state index in [4.69, 9.17) is 4.74 Å². The Kier molecular flexibility index (Phi) is 5.45. The molecule has 0 saturated carbocycles. The van der Waals surface area contributed by atoms with Crippen LogP contribution < -0.4 is 4.74 Å². The lowest BCUT2D eigenvalue weighted by molar-refractivity contribution is -0.139. The molecular formula is C21H23F3N4O. The molecule has 8 heteroatoms. The zero-order valence-corrected chi connectivity index (χ0v) is 16.2. The predicted molar refractivity (Wildman–Crippen MR) is 104 cm³/mol. The van der Waals surface area contributed by atoms with E-state index in [-0.39, 0.29) is 6.10 Å². The fourth-order valence-electron chi connectivity index (χ4n) is 3.75. The lowest BCUT2D eigenvalue weighted by Crippen LogP contribution is -2.37. The van der Waals surface area contributed by atoms with Crippen molar-refractivity contribution in [3.63, 3.8) is 0 Å².